The van der Waals surface area contributed by atoms with Gasteiger partial charge in [0.15, 0.2) is 0 Å². The second-order valence-corrected chi connectivity index (χ2v) is 5.52. The Bertz CT molecular complexity index is 647. The Hall–Kier alpha value is -1.23. The van der Waals surface area contributed by atoms with Gasteiger partial charge in [-0.3, -0.25) is 4.79 Å². The van der Waals surface area contributed by atoms with Crippen LogP contribution in [0.1, 0.15) is 10.4 Å². The second-order valence-electron chi connectivity index (χ2n) is 3.82. The smallest absolute Gasteiger partial charge is 0.257 e. The maximum absolute atomic E-state index is 12.1. The molecular formula is C13H9BrCl2N2O. The van der Waals surface area contributed by atoms with Crippen LogP contribution in [0, 0.1) is 0 Å². The molecule has 0 radical (unpaired) electrons. The van der Waals surface area contributed by atoms with Gasteiger partial charge in [0, 0.05) is 15.2 Å². The number of benzene rings is 2. The van der Waals surface area contributed by atoms with E-state index in [4.69, 9.17) is 28.9 Å². The SMILES string of the molecule is Nc1ccc(Br)c(NC(=O)c2cc(Cl)ccc2Cl)c1. The molecule has 0 saturated heterocycles. The Morgan fingerprint density at radius 2 is 1.89 bits per heavy atom. The third-order valence-corrected chi connectivity index (χ3v) is 3.67. The first-order valence-corrected chi connectivity index (χ1v) is 6.83. The predicted octanol–water partition coefficient (Wildman–Crippen LogP) is 4.59. The lowest BCUT2D eigenvalue weighted by atomic mass is 10.2. The van der Waals surface area contributed by atoms with E-state index >= 15 is 0 Å². The number of rotatable bonds is 2. The number of anilines is 2. The van der Waals surface area contributed by atoms with Crippen molar-refractivity contribution in [2.75, 3.05) is 11.1 Å². The summed E-state index contributed by atoms with van der Waals surface area (Å²) in [5.41, 5.74) is 7.11. The summed E-state index contributed by atoms with van der Waals surface area (Å²) >= 11 is 15.2. The van der Waals surface area contributed by atoms with E-state index in [-0.39, 0.29) is 5.91 Å². The summed E-state index contributed by atoms with van der Waals surface area (Å²) < 4.78 is 0.730. The zero-order chi connectivity index (χ0) is 14.0. The first-order valence-electron chi connectivity index (χ1n) is 5.29. The summed E-state index contributed by atoms with van der Waals surface area (Å²) in [6.07, 6.45) is 0. The highest BCUT2D eigenvalue weighted by molar-refractivity contribution is 9.10. The van der Waals surface area contributed by atoms with Crippen LogP contribution in [-0.4, -0.2) is 5.91 Å². The predicted molar refractivity (Wildman–Crippen MR) is 83.0 cm³/mol. The first-order chi connectivity index (χ1) is 8.97. The van der Waals surface area contributed by atoms with E-state index in [2.05, 4.69) is 21.2 Å². The van der Waals surface area contributed by atoms with Crippen LogP contribution in [0.2, 0.25) is 10.0 Å². The quantitative estimate of drug-likeness (QED) is 0.770. The first kappa shape index (κ1) is 14.2. The minimum absolute atomic E-state index is 0.309. The molecule has 0 unspecified atom stereocenters. The zero-order valence-corrected chi connectivity index (χ0v) is 12.7. The average molecular weight is 360 g/mol. The van der Waals surface area contributed by atoms with Crippen molar-refractivity contribution in [2.45, 2.75) is 0 Å². The van der Waals surface area contributed by atoms with Crippen LogP contribution in [-0.2, 0) is 0 Å². The Labute approximate surface area is 128 Å². The number of amides is 1. The van der Waals surface area contributed by atoms with Crippen molar-refractivity contribution in [1.29, 1.82) is 0 Å². The Kier molecular flexibility index (Phi) is 4.34. The molecule has 2 aromatic carbocycles. The fraction of sp³-hybridized carbons (Fsp3) is 0. The van der Waals surface area contributed by atoms with Crippen molar-refractivity contribution in [3.63, 3.8) is 0 Å². The molecule has 0 aliphatic carbocycles. The van der Waals surface area contributed by atoms with Crippen LogP contribution in [0.25, 0.3) is 0 Å². The summed E-state index contributed by atoms with van der Waals surface area (Å²) in [7, 11) is 0. The lowest BCUT2D eigenvalue weighted by Gasteiger charge is -2.09. The van der Waals surface area contributed by atoms with E-state index in [0.29, 0.717) is 27.0 Å². The van der Waals surface area contributed by atoms with Crippen molar-refractivity contribution in [3.05, 3.63) is 56.5 Å². The van der Waals surface area contributed by atoms with E-state index in [9.17, 15) is 4.79 Å². The van der Waals surface area contributed by atoms with Gasteiger partial charge in [0.25, 0.3) is 5.91 Å². The van der Waals surface area contributed by atoms with E-state index in [1.807, 2.05) is 0 Å². The normalized spacial score (nSPS) is 10.3. The molecule has 2 rings (SSSR count). The van der Waals surface area contributed by atoms with Gasteiger partial charge in [-0.1, -0.05) is 23.2 Å². The van der Waals surface area contributed by atoms with Crippen LogP contribution >= 0.6 is 39.1 Å². The van der Waals surface area contributed by atoms with E-state index in [0.717, 1.165) is 4.47 Å². The molecule has 0 aliphatic rings. The second kappa shape index (κ2) is 5.82. The van der Waals surface area contributed by atoms with E-state index < -0.39 is 0 Å². The number of carbonyl (C=O) groups excluding carboxylic acids is 1. The highest BCUT2D eigenvalue weighted by Gasteiger charge is 2.12. The van der Waals surface area contributed by atoms with Crippen LogP contribution in [0.4, 0.5) is 11.4 Å². The standard InChI is InChI=1S/C13H9BrCl2N2O/c14-10-3-2-8(17)6-12(10)18-13(19)9-5-7(15)1-4-11(9)16/h1-6H,17H2,(H,18,19). The van der Waals surface area contributed by atoms with Crippen molar-refractivity contribution >= 4 is 56.4 Å². The van der Waals surface area contributed by atoms with Gasteiger partial charge in [0.2, 0.25) is 0 Å². The molecule has 3 N–H and O–H groups in total. The van der Waals surface area contributed by atoms with Crippen LogP contribution in [0.15, 0.2) is 40.9 Å². The van der Waals surface area contributed by atoms with Crippen molar-refractivity contribution in [1.82, 2.24) is 0 Å². The summed E-state index contributed by atoms with van der Waals surface area (Å²) in [4.78, 5) is 12.1. The largest absolute Gasteiger partial charge is 0.399 e. The van der Waals surface area contributed by atoms with E-state index in [1.165, 1.54) is 6.07 Å². The molecule has 98 valence electrons. The summed E-state index contributed by atoms with van der Waals surface area (Å²) in [5, 5.41) is 3.51. The third-order valence-electron chi connectivity index (χ3n) is 2.41. The summed E-state index contributed by atoms with van der Waals surface area (Å²) in [6.45, 7) is 0. The highest BCUT2D eigenvalue weighted by atomic mass is 79.9. The van der Waals surface area contributed by atoms with Crippen molar-refractivity contribution in [3.8, 4) is 0 Å². The number of nitrogen functional groups attached to an aromatic ring is 1. The van der Waals surface area contributed by atoms with E-state index in [1.54, 1.807) is 30.3 Å². The Balaban J connectivity index is 2.30. The topological polar surface area (TPSA) is 55.1 Å². The molecule has 1 amide bonds. The average Bonchev–Trinajstić information content (AvgIpc) is 2.36. The van der Waals surface area contributed by atoms with Gasteiger partial charge in [0.05, 0.1) is 16.3 Å². The van der Waals surface area contributed by atoms with Gasteiger partial charge in [-0.25, -0.2) is 0 Å². The van der Waals surface area contributed by atoms with Crippen LogP contribution in [0.3, 0.4) is 0 Å². The number of halogens is 3. The minimum Gasteiger partial charge on any atom is -0.399 e. The van der Waals surface area contributed by atoms with Crippen LogP contribution in [0.5, 0.6) is 0 Å². The molecule has 0 aromatic heterocycles. The third kappa shape index (κ3) is 3.41. The van der Waals surface area contributed by atoms with Crippen molar-refractivity contribution < 1.29 is 4.79 Å². The molecule has 0 spiro atoms. The molecule has 0 fully saturated rings. The van der Waals surface area contributed by atoms with Gasteiger partial charge in [-0.2, -0.15) is 0 Å². The summed E-state index contributed by atoms with van der Waals surface area (Å²) in [5.74, 6) is -0.348. The number of hydrogen-bond donors (Lipinski definition) is 2. The molecule has 0 atom stereocenters. The molecule has 0 saturated carbocycles. The van der Waals surface area contributed by atoms with Gasteiger partial charge >= 0.3 is 0 Å². The number of nitrogens with two attached hydrogens (primary N) is 1. The fourth-order valence-corrected chi connectivity index (χ4v) is 2.22. The molecule has 6 heteroatoms. The number of hydrogen-bond acceptors (Lipinski definition) is 2. The number of nitrogens with one attached hydrogen (secondary N) is 1. The minimum atomic E-state index is -0.348. The molecule has 0 bridgehead atoms. The lowest BCUT2D eigenvalue weighted by molar-refractivity contribution is 0.102. The van der Waals surface area contributed by atoms with Gasteiger partial charge in [0.1, 0.15) is 0 Å². The molecular weight excluding hydrogens is 351 g/mol. The molecule has 2 aromatic rings. The number of carbonyl (C=O) groups is 1. The van der Waals surface area contributed by atoms with Crippen LogP contribution < -0.4 is 11.1 Å². The lowest BCUT2D eigenvalue weighted by Crippen LogP contribution is -2.13. The molecule has 0 heterocycles. The molecule has 19 heavy (non-hydrogen) atoms. The zero-order valence-electron chi connectivity index (χ0n) is 9.58. The highest BCUT2D eigenvalue weighted by Crippen LogP contribution is 2.27. The molecule has 0 aliphatic heterocycles. The molecule has 3 nitrogen and oxygen atoms in total. The Morgan fingerprint density at radius 3 is 2.63 bits per heavy atom. The maximum Gasteiger partial charge on any atom is 0.257 e. The van der Waals surface area contributed by atoms with Gasteiger partial charge < -0.3 is 11.1 Å². The fourth-order valence-electron chi connectivity index (χ4n) is 1.50. The summed E-state index contributed by atoms with van der Waals surface area (Å²) in [6, 6.07) is 9.85. The Morgan fingerprint density at radius 1 is 1.16 bits per heavy atom. The van der Waals surface area contributed by atoms with Gasteiger partial charge in [-0.05, 0) is 52.3 Å². The maximum atomic E-state index is 12.1. The van der Waals surface area contributed by atoms with Crippen molar-refractivity contribution in [2.24, 2.45) is 0 Å². The monoisotopic (exact) mass is 358 g/mol. The van der Waals surface area contributed by atoms with Gasteiger partial charge in [-0.15, -0.1) is 0 Å².